The molecular weight excluding hydrogens is 212 g/mol. The van der Waals surface area contributed by atoms with Gasteiger partial charge in [0.25, 0.3) is 0 Å². The zero-order chi connectivity index (χ0) is 12.4. The fourth-order valence-electron chi connectivity index (χ4n) is 1.96. The molecule has 0 amide bonds. The first-order chi connectivity index (χ1) is 8.17. The van der Waals surface area contributed by atoms with Crippen LogP contribution < -0.4 is 4.74 Å². The summed E-state index contributed by atoms with van der Waals surface area (Å²) >= 11 is 0. The molecule has 0 fully saturated rings. The van der Waals surface area contributed by atoms with E-state index in [1.807, 2.05) is 38.1 Å². The lowest BCUT2D eigenvalue weighted by atomic mass is 9.92. The van der Waals surface area contributed by atoms with E-state index in [0.717, 1.165) is 28.0 Å². The Morgan fingerprint density at radius 1 is 1.18 bits per heavy atom. The van der Waals surface area contributed by atoms with E-state index in [1.165, 1.54) is 0 Å². The molecule has 1 aromatic rings. The second-order valence-electron chi connectivity index (χ2n) is 4.11. The highest BCUT2D eigenvalue weighted by Crippen LogP contribution is 2.36. The normalized spacial score (nSPS) is 13.1. The van der Waals surface area contributed by atoms with Crippen molar-refractivity contribution in [2.24, 2.45) is 0 Å². The first-order valence-corrected chi connectivity index (χ1v) is 5.45. The van der Waals surface area contributed by atoms with E-state index >= 15 is 0 Å². The molecule has 84 valence electrons. The van der Waals surface area contributed by atoms with Crippen LogP contribution in [0.4, 0.5) is 0 Å². The molecule has 1 aliphatic rings. The molecule has 1 aliphatic heterocycles. The van der Waals surface area contributed by atoms with Gasteiger partial charge in [0.15, 0.2) is 0 Å². The maximum absolute atomic E-state index is 8.96. The van der Waals surface area contributed by atoms with Crippen LogP contribution in [-0.2, 0) is 0 Å². The minimum Gasteiger partial charge on any atom is -0.493 e. The number of fused-ring (bicyclic) bond motifs is 1. The van der Waals surface area contributed by atoms with Crippen molar-refractivity contribution in [2.75, 3.05) is 6.61 Å². The maximum Gasteiger partial charge on any atom is 0.133 e. The Balaban J connectivity index is 2.69. The molecule has 0 spiro atoms. The Kier molecular flexibility index (Phi) is 2.85. The van der Waals surface area contributed by atoms with Gasteiger partial charge in [0, 0.05) is 12.0 Å². The quantitative estimate of drug-likeness (QED) is 0.636. The van der Waals surface area contributed by atoms with Crippen LogP contribution in [0.2, 0.25) is 0 Å². The molecule has 0 aromatic heterocycles. The molecule has 17 heavy (non-hydrogen) atoms. The highest BCUT2D eigenvalue weighted by Gasteiger charge is 2.19. The molecule has 0 unspecified atom stereocenters. The third kappa shape index (κ3) is 1.88. The summed E-state index contributed by atoms with van der Waals surface area (Å²) in [4.78, 5) is 0. The van der Waals surface area contributed by atoms with Crippen molar-refractivity contribution in [3.63, 3.8) is 0 Å². The molecule has 2 rings (SSSR count). The lowest BCUT2D eigenvalue weighted by Crippen LogP contribution is -2.09. The number of hydrogen-bond donors (Lipinski definition) is 0. The number of ether oxygens (including phenoxy) is 1. The summed E-state index contributed by atoms with van der Waals surface area (Å²) in [6, 6.07) is 7.88. The van der Waals surface area contributed by atoms with Crippen LogP contribution in [0, 0.1) is 36.5 Å². The van der Waals surface area contributed by atoms with Gasteiger partial charge in [0.1, 0.15) is 23.5 Å². The fraction of sp³-hybridized carbons (Fsp3) is 0.286. The molecule has 0 N–H and O–H groups in total. The van der Waals surface area contributed by atoms with Crippen molar-refractivity contribution in [3.05, 3.63) is 34.4 Å². The Hall–Kier alpha value is -2.26. The zero-order valence-electron chi connectivity index (χ0n) is 9.87. The minimum absolute atomic E-state index is 0.192. The van der Waals surface area contributed by atoms with Crippen molar-refractivity contribution in [2.45, 2.75) is 20.3 Å². The maximum atomic E-state index is 8.96. The van der Waals surface area contributed by atoms with E-state index in [9.17, 15) is 0 Å². The van der Waals surface area contributed by atoms with Gasteiger partial charge in [0.2, 0.25) is 0 Å². The summed E-state index contributed by atoms with van der Waals surface area (Å²) in [6.07, 6.45) is 0.617. The molecule has 3 nitrogen and oxygen atoms in total. The van der Waals surface area contributed by atoms with Crippen LogP contribution >= 0.6 is 0 Å². The van der Waals surface area contributed by atoms with Gasteiger partial charge in [-0.15, -0.1) is 0 Å². The molecule has 0 atom stereocenters. The Morgan fingerprint density at radius 3 is 2.47 bits per heavy atom. The van der Waals surface area contributed by atoms with Gasteiger partial charge in [-0.25, -0.2) is 0 Å². The molecule has 0 saturated carbocycles. The van der Waals surface area contributed by atoms with Gasteiger partial charge in [-0.05, 0) is 42.7 Å². The van der Waals surface area contributed by atoms with Gasteiger partial charge < -0.3 is 4.74 Å². The predicted molar refractivity (Wildman–Crippen MR) is 64.2 cm³/mol. The standard InChI is InChI=1S/C14H12N2O/c1-9-5-13-12(11(7-15)8-16)3-4-17-14(13)6-10(9)2/h5-6H,3-4H2,1-2H3. The number of nitrogens with zero attached hydrogens (tertiary/aromatic N) is 2. The van der Waals surface area contributed by atoms with E-state index in [2.05, 4.69) is 0 Å². The zero-order valence-corrected chi connectivity index (χ0v) is 9.87. The van der Waals surface area contributed by atoms with Crippen molar-refractivity contribution in [1.29, 1.82) is 10.5 Å². The summed E-state index contributed by atoms with van der Waals surface area (Å²) < 4.78 is 5.58. The van der Waals surface area contributed by atoms with E-state index < -0.39 is 0 Å². The van der Waals surface area contributed by atoms with Crippen LogP contribution in [0.3, 0.4) is 0 Å². The van der Waals surface area contributed by atoms with Crippen LogP contribution in [0.15, 0.2) is 17.7 Å². The number of hydrogen-bond acceptors (Lipinski definition) is 3. The Bertz CT molecular complexity index is 569. The SMILES string of the molecule is Cc1cc2c(cc1C)C(=C(C#N)C#N)CCO2. The molecule has 0 saturated heterocycles. The summed E-state index contributed by atoms with van der Waals surface area (Å²) in [5.41, 5.74) is 4.18. The Morgan fingerprint density at radius 2 is 1.82 bits per heavy atom. The van der Waals surface area contributed by atoms with E-state index in [-0.39, 0.29) is 5.57 Å². The van der Waals surface area contributed by atoms with E-state index in [0.29, 0.717) is 13.0 Å². The van der Waals surface area contributed by atoms with Crippen molar-refractivity contribution >= 4 is 5.57 Å². The van der Waals surface area contributed by atoms with Gasteiger partial charge >= 0.3 is 0 Å². The van der Waals surface area contributed by atoms with Gasteiger partial charge in [0.05, 0.1) is 6.61 Å². The molecular formula is C14H12N2O. The number of allylic oxidation sites excluding steroid dienone is 1. The molecule has 1 heterocycles. The summed E-state index contributed by atoms with van der Waals surface area (Å²) in [7, 11) is 0. The van der Waals surface area contributed by atoms with Crippen molar-refractivity contribution < 1.29 is 4.74 Å². The fourth-order valence-corrected chi connectivity index (χ4v) is 1.96. The van der Waals surface area contributed by atoms with Crippen LogP contribution in [0.1, 0.15) is 23.1 Å². The van der Waals surface area contributed by atoms with E-state index in [1.54, 1.807) is 0 Å². The van der Waals surface area contributed by atoms with Gasteiger partial charge in [-0.2, -0.15) is 10.5 Å². The third-order valence-electron chi connectivity index (χ3n) is 3.06. The second kappa shape index (κ2) is 4.31. The molecule has 0 radical (unpaired) electrons. The van der Waals surface area contributed by atoms with Gasteiger partial charge in [-0.3, -0.25) is 0 Å². The topological polar surface area (TPSA) is 56.8 Å². The first kappa shape index (κ1) is 11.2. The molecule has 0 aliphatic carbocycles. The minimum atomic E-state index is 0.192. The molecule has 1 aromatic carbocycles. The number of nitriles is 2. The lowest BCUT2D eigenvalue weighted by Gasteiger charge is -2.21. The molecule has 0 bridgehead atoms. The number of rotatable bonds is 0. The van der Waals surface area contributed by atoms with Crippen molar-refractivity contribution in [3.8, 4) is 17.9 Å². The monoisotopic (exact) mass is 224 g/mol. The van der Waals surface area contributed by atoms with Gasteiger partial charge in [-0.1, -0.05) is 0 Å². The average molecular weight is 224 g/mol. The number of benzene rings is 1. The summed E-state index contributed by atoms with van der Waals surface area (Å²) in [5, 5.41) is 17.9. The predicted octanol–water partition coefficient (Wildman–Crippen LogP) is 2.89. The average Bonchev–Trinajstić information content (AvgIpc) is 2.33. The third-order valence-corrected chi connectivity index (χ3v) is 3.06. The first-order valence-electron chi connectivity index (χ1n) is 5.45. The summed E-state index contributed by atoms with van der Waals surface area (Å²) in [5.74, 6) is 0.775. The number of aryl methyl sites for hydroxylation is 2. The van der Waals surface area contributed by atoms with Crippen LogP contribution in [0.25, 0.3) is 5.57 Å². The second-order valence-corrected chi connectivity index (χ2v) is 4.11. The molecule has 3 heteroatoms. The van der Waals surface area contributed by atoms with Crippen LogP contribution in [0.5, 0.6) is 5.75 Å². The van der Waals surface area contributed by atoms with Crippen molar-refractivity contribution in [1.82, 2.24) is 0 Å². The Labute approximate surface area is 101 Å². The van der Waals surface area contributed by atoms with E-state index in [4.69, 9.17) is 15.3 Å². The smallest absolute Gasteiger partial charge is 0.133 e. The summed E-state index contributed by atoms with van der Waals surface area (Å²) in [6.45, 7) is 4.56. The lowest BCUT2D eigenvalue weighted by molar-refractivity contribution is 0.316. The largest absolute Gasteiger partial charge is 0.493 e. The highest BCUT2D eigenvalue weighted by atomic mass is 16.5. The van der Waals surface area contributed by atoms with Crippen LogP contribution in [-0.4, -0.2) is 6.61 Å². The highest BCUT2D eigenvalue weighted by molar-refractivity contribution is 5.80.